The summed E-state index contributed by atoms with van der Waals surface area (Å²) in [4.78, 5) is 33.0. The van der Waals surface area contributed by atoms with Crippen LogP contribution >= 0.6 is 34.8 Å². The molecule has 11 heteroatoms. The molecule has 0 aliphatic carbocycles. The van der Waals surface area contributed by atoms with Gasteiger partial charge in [-0.05, 0) is 19.1 Å². The minimum Gasteiger partial charge on any atom is -0.493 e. The van der Waals surface area contributed by atoms with Crippen molar-refractivity contribution in [2.75, 3.05) is 19.0 Å². The second-order valence-electron chi connectivity index (χ2n) is 5.35. The van der Waals surface area contributed by atoms with Crippen LogP contribution in [-0.4, -0.2) is 40.0 Å². The smallest absolute Gasteiger partial charge is 0.360 e. The van der Waals surface area contributed by atoms with Crippen LogP contribution in [0.4, 0.5) is 5.69 Å². The van der Waals surface area contributed by atoms with Crippen LogP contribution in [0, 0.1) is 0 Å². The van der Waals surface area contributed by atoms with Crippen LogP contribution in [0.3, 0.4) is 0 Å². The van der Waals surface area contributed by atoms with E-state index in [0.29, 0.717) is 5.75 Å². The third-order valence-electron chi connectivity index (χ3n) is 3.69. The molecule has 0 aliphatic heterocycles. The number of anilines is 1. The van der Waals surface area contributed by atoms with Crippen molar-refractivity contribution < 1.29 is 19.1 Å². The molecular weight excluding hydrogens is 431 g/mol. The van der Waals surface area contributed by atoms with Gasteiger partial charge in [0.2, 0.25) is 0 Å². The number of methoxy groups -OCH3 is 1. The first kappa shape index (κ1) is 20.2. The molecule has 8 nitrogen and oxygen atoms in total. The predicted molar refractivity (Wildman–Crippen MR) is 105 cm³/mol. The molecule has 0 unspecified atom stereocenters. The van der Waals surface area contributed by atoms with Gasteiger partial charge in [0.1, 0.15) is 10.8 Å². The molecule has 0 saturated heterocycles. The molecule has 0 fully saturated rings. The maximum Gasteiger partial charge on any atom is 0.360 e. The third-order valence-corrected chi connectivity index (χ3v) is 4.61. The fraction of sp³-hybridized carbons (Fsp3) is 0.176. The number of ether oxygens (including phenoxy) is 2. The monoisotopic (exact) mass is 442 g/mol. The Morgan fingerprint density at radius 3 is 2.46 bits per heavy atom. The first-order chi connectivity index (χ1) is 13.4. The van der Waals surface area contributed by atoms with Crippen molar-refractivity contribution in [3.8, 4) is 5.75 Å². The van der Waals surface area contributed by atoms with Gasteiger partial charge in [-0.3, -0.25) is 14.2 Å². The number of pyridine rings is 2. The van der Waals surface area contributed by atoms with Crippen molar-refractivity contribution in [3.63, 3.8) is 0 Å². The molecule has 3 rings (SSSR count). The summed E-state index contributed by atoms with van der Waals surface area (Å²) in [6.45, 7) is 1.80. The topological polar surface area (TPSA) is 94.8 Å². The van der Waals surface area contributed by atoms with E-state index >= 15 is 0 Å². The number of carbonyl (C=O) groups excluding carboxylic acids is 2. The number of amides is 1. The molecule has 0 bridgehead atoms. The number of halogens is 3. The number of hydrogen-bond acceptors (Lipinski definition) is 6. The Kier molecular flexibility index (Phi) is 5.93. The molecule has 0 spiro atoms. The van der Waals surface area contributed by atoms with E-state index < -0.39 is 11.9 Å². The average Bonchev–Trinajstić information content (AvgIpc) is 3.02. The Bertz CT molecular complexity index is 1060. The van der Waals surface area contributed by atoms with Crippen LogP contribution in [0.1, 0.15) is 27.9 Å². The molecule has 28 heavy (non-hydrogen) atoms. The number of rotatable bonds is 5. The van der Waals surface area contributed by atoms with Crippen molar-refractivity contribution in [2.45, 2.75) is 6.92 Å². The molecule has 1 N–H and O–H groups in total. The van der Waals surface area contributed by atoms with Gasteiger partial charge in [-0.25, -0.2) is 9.78 Å². The summed E-state index contributed by atoms with van der Waals surface area (Å²) < 4.78 is 11.5. The molecule has 146 valence electrons. The maximum absolute atomic E-state index is 12.9. The van der Waals surface area contributed by atoms with Gasteiger partial charge < -0.3 is 14.8 Å². The molecular formula is C17H13Cl3N4O4. The minimum absolute atomic E-state index is 0.0767. The summed E-state index contributed by atoms with van der Waals surface area (Å²) in [5.41, 5.74) is 0.305. The Labute approximate surface area is 174 Å². The normalized spacial score (nSPS) is 10.8. The Hall–Kier alpha value is -2.55. The number of fused-ring (bicyclic) bond motifs is 1. The van der Waals surface area contributed by atoms with E-state index in [1.54, 1.807) is 6.92 Å². The van der Waals surface area contributed by atoms with Crippen LogP contribution < -0.4 is 10.1 Å². The Morgan fingerprint density at radius 1 is 1.18 bits per heavy atom. The van der Waals surface area contributed by atoms with Crippen molar-refractivity contribution >= 4 is 58.0 Å². The van der Waals surface area contributed by atoms with Gasteiger partial charge in [0.05, 0.1) is 29.4 Å². The van der Waals surface area contributed by atoms with E-state index in [4.69, 9.17) is 44.3 Å². The van der Waals surface area contributed by atoms with Crippen LogP contribution in [-0.2, 0) is 4.74 Å². The van der Waals surface area contributed by atoms with E-state index in [-0.39, 0.29) is 44.5 Å². The van der Waals surface area contributed by atoms with Gasteiger partial charge in [0.15, 0.2) is 17.1 Å². The summed E-state index contributed by atoms with van der Waals surface area (Å²) >= 11 is 18.4. The number of esters is 1. The van der Waals surface area contributed by atoms with Crippen molar-refractivity contribution in [1.82, 2.24) is 14.4 Å². The largest absolute Gasteiger partial charge is 0.493 e. The molecule has 0 aliphatic rings. The van der Waals surface area contributed by atoms with Crippen molar-refractivity contribution in [1.29, 1.82) is 0 Å². The van der Waals surface area contributed by atoms with Crippen LogP contribution in [0.25, 0.3) is 5.65 Å². The van der Waals surface area contributed by atoms with Gasteiger partial charge in [0.25, 0.3) is 5.91 Å². The highest BCUT2D eigenvalue weighted by Gasteiger charge is 2.25. The SMILES string of the molecule is CCOC(=O)c1nc2c(OC)ccc(C(=O)Nc3c(Cl)cncc3Cl)n2c1Cl. The number of nitrogens with one attached hydrogen (secondary N) is 1. The van der Waals surface area contributed by atoms with Gasteiger partial charge in [-0.1, -0.05) is 34.8 Å². The molecule has 0 radical (unpaired) electrons. The molecule has 1 amide bonds. The second kappa shape index (κ2) is 8.22. The highest BCUT2D eigenvalue weighted by molar-refractivity contribution is 6.39. The van der Waals surface area contributed by atoms with Crippen molar-refractivity contribution in [3.05, 3.63) is 51.1 Å². The van der Waals surface area contributed by atoms with Crippen molar-refractivity contribution in [2.24, 2.45) is 0 Å². The summed E-state index contributed by atoms with van der Waals surface area (Å²) in [6.07, 6.45) is 2.69. The quantitative estimate of drug-likeness (QED) is 0.596. The summed E-state index contributed by atoms with van der Waals surface area (Å²) in [5, 5.41) is 2.84. The lowest BCUT2D eigenvalue weighted by molar-refractivity contribution is 0.0520. The summed E-state index contributed by atoms with van der Waals surface area (Å²) in [6, 6.07) is 2.99. The lowest BCUT2D eigenvalue weighted by atomic mass is 10.3. The number of imidazole rings is 1. The maximum atomic E-state index is 12.9. The zero-order valence-electron chi connectivity index (χ0n) is 14.6. The highest BCUT2D eigenvalue weighted by atomic mass is 35.5. The molecule has 3 aromatic heterocycles. The Balaban J connectivity index is 2.13. The first-order valence-corrected chi connectivity index (χ1v) is 9.04. The lowest BCUT2D eigenvalue weighted by Crippen LogP contribution is -2.17. The van der Waals surface area contributed by atoms with E-state index in [2.05, 4.69) is 15.3 Å². The van der Waals surface area contributed by atoms with Gasteiger partial charge in [0, 0.05) is 12.4 Å². The molecule has 3 heterocycles. The molecule has 0 atom stereocenters. The molecule has 0 saturated carbocycles. The fourth-order valence-corrected chi connectivity index (χ4v) is 3.21. The summed E-state index contributed by atoms with van der Waals surface area (Å²) in [7, 11) is 1.43. The van der Waals surface area contributed by atoms with Gasteiger partial charge >= 0.3 is 5.97 Å². The molecule has 0 aromatic carbocycles. The van der Waals surface area contributed by atoms with Crippen LogP contribution in [0.5, 0.6) is 5.75 Å². The van der Waals surface area contributed by atoms with Gasteiger partial charge in [-0.2, -0.15) is 0 Å². The second-order valence-corrected chi connectivity index (χ2v) is 6.52. The predicted octanol–water partition coefficient (Wildman–Crippen LogP) is 4.13. The number of hydrogen-bond donors (Lipinski definition) is 1. The number of carbonyl (C=O) groups is 2. The summed E-state index contributed by atoms with van der Waals surface area (Å²) in [5.74, 6) is -0.990. The van der Waals surface area contributed by atoms with E-state index in [1.807, 2.05) is 0 Å². The third kappa shape index (κ3) is 3.58. The van der Waals surface area contributed by atoms with E-state index in [9.17, 15) is 9.59 Å². The van der Waals surface area contributed by atoms with Gasteiger partial charge in [-0.15, -0.1) is 0 Å². The van der Waals surface area contributed by atoms with Crippen LogP contribution in [0.2, 0.25) is 15.2 Å². The average molecular weight is 444 g/mol. The fourth-order valence-electron chi connectivity index (χ4n) is 2.46. The minimum atomic E-state index is -0.718. The zero-order chi connectivity index (χ0) is 20.4. The number of aromatic nitrogens is 3. The zero-order valence-corrected chi connectivity index (χ0v) is 16.9. The van der Waals surface area contributed by atoms with E-state index in [0.717, 1.165) is 0 Å². The van der Waals surface area contributed by atoms with E-state index in [1.165, 1.54) is 36.0 Å². The standard InChI is InChI=1S/C17H13Cl3N4O4/c1-3-28-17(26)13-14(20)24-10(4-5-11(27-2)15(24)22-13)16(25)23-12-8(18)6-21-7-9(12)19/h4-7H,3H2,1-2H3,(H,21,23,25). The first-order valence-electron chi connectivity index (χ1n) is 7.91. The molecule has 3 aromatic rings. The highest BCUT2D eigenvalue weighted by Crippen LogP contribution is 2.31. The Morgan fingerprint density at radius 2 is 1.86 bits per heavy atom. The van der Waals surface area contributed by atoms with Crippen LogP contribution in [0.15, 0.2) is 24.5 Å². The lowest BCUT2D eigenvalue weighted by Gasteiger charge is -2.11. The number of nitrogens with zero attached hydrogens (tertiary/aromatic N) is 3.